The average molecular weight is 571 g/mol. The Bertz CT molecular complexity index is 1570. The number of carbonyl (C=O) groups excluding carboxylic acids is 2. The molecule has 2 N–H and O–H groups in total. The van der Waals surface area contributed by atoms with Gasteiger partial charge in [0.25, 0.3) is 5.91 Å². The van der Waals surface area contributed by atoms with E-state index in [0.29, 0.717) is 42.1 Å². The third-order valence-electron chi connectivity index (χ3n) is 8.35. The number of sulfonamides is 1. The largest absolute Gasteiger partial charge is 0.348 e. The van der Waals surface area contributed by atoms with Crippen molar-refractivity contribution in [1.29, 1.82) is 0 Å². The highest BCUT2D eigenvalue weighted by atomic mass is 35.5. The van der Waals surface area contributed by atoms with Gasteiger partial charge in [0.1, 0.15) is 11.9 Å². The maximum Gasteiger partial charge on any atom is 0.342 e. The van der Waals surface area contributed by atoms with Crippen LogP contribution in [0.2, 0.25) is 5.02 Å². The van der Waals surface area contributed by atoms with Crippen LogP contribution in [0.3, 0.4) is 0 Å². The number of fused-ring (bicyclic) bond motifs is 2. The fraction of sp³-hybridized carbons (Fsp3) is 0.310. The van der Waals surface area contributed by atoms with Crippen LogP contribution in [-0.4, -0.2) is 39.4 Å². The van der Waals surface area contributed by atoms with Gasteiger partial charge in [-0.05, 0) is 68.8 Å². The molecule has 2 unspecified atom stereocenters. The molecule has 10 heteroatoms. The first kappa shape index (κ1) is 27.5. The summed E-state index contributed by atoms with van der Waals surface area (Å²) in [5.41, 5.74) is 1.29. The van der Waals surface area contributed by atoms with Gasteiger partial charge in [-0.15, -0.1) is 3.89 Å². The predicted molar refractivity (Wildman–Crippen MR) is 148 cm³/mol. The van der Waals surface area contributed by atoms with Gasteiger partial charge in [-0.2, -0.15) is 8.42 Å². The molecule has 3 aromatic rings. The first-order chi connectivity index (χ1) is 18.6. The third-order valence-corrected chi connectivity index (χ3v) is 11.1. The van der Waals surface area contributed by atoms with Crippen LogP contribution in [0.5, 0.6) is 0 Å². The van der Waals surface area contributed by atoms with E-state index in [1.54, 1.807) is 25.1 Å². The molecule has 2 atom stereocenters. The summed E-state index contributed by atoms with van der Waals surface area (Å²) in [6, 6.07) is 16.4. The molecule has 0 bridgehead atoms. The van der Waals surface area contributed by atoms with E-state index in [4.69, 9.17) is 11.6 Å². The van der Waals surface area contributed by atoms with Crippen molar-refractivity contribution in [2.45, 2.75) is 49.6 Å². The van der Waals surface area contributed by atoms with Crippen LogP contribution < -0.4 is 14.5 Å². The lowest BCUT2D eigenvalue weighted by Crippen LogP contribution is -2.65. The zero-order valence-corrected chi connectivity index (χ0v) is 23.3. The second kappa shape index (κ2) is 10.1. The summed E-state index contributed by atoms with van der Waals surface area (Å²) in [5, 5.41) is 6.73. The van der Waals surface area contributed by atoms with E-state index >= 15 is 0 Å². The molecule has 2 aliphatic rings. The number of hydrogen-bond acceptors (Lipinski definition) is 5. The lowest BCUT2D eigenvalue weighted by atomic mass is 9.70. The number of nitrogens with one attached hydrogen (secondary N) is 2. The molecular formula is C29H30ClFN3O4S+. The van der Waals surface area contributed by atoms with Gasteiger partial charge in [-0.25, -0.2) is 9.18 Å². The predicted octanol–water partition coefficient (Wildman–Crippen LogP) is 4.68. The van der Waals surface area contributed by atoms with Crippen LogP contribution in [0, 0.1) is 5.82 Å². The number of piperidine rings is 1. The smallest absolute Gasteiger partial charge is 0.342 e. The summed E-state index contributed by atoms with van der Waals surface area (Å²) in [7, 11) is -4.57. The normalized spacial score (nSPS) is 21.9. The van der Waals surface area contributed by atoms with E-state index in [1.165, 1.54) is 31.2 Å². The maximum absolute atomic E-state index is 15.0. The topological polar surface area (TPSA) is 92.3 Å². The highest BCUT2D eigenvalue weighted by Gasteiger charge is 2.68. The highest BCUT2D eigenvalue weighted by Crippen LogP contribution is 2.57. The standard InChI is InChI=1S/C29H29ClFN3O4S/c1-19-29(13-15-32-16-14-29)23-17-21(28(36)33-18-22-7-3-4-8-24(22)30)11-12-26(23)34(19,20(2)35)39(37,38)27-10-6-5-9-25(27)31/h3-12,17,19,32H,13-16,18H2,1-2H3/p+1. The number of amides is 2. The molecule has 2 amide bonds. The Morgan fingerprint density at radius 3 is 2.41 bits per heavy atom. The van der Waals surface area contributed by atoms with Crippen molar-refractivity contribution >= 4 is 39.1 Å². The van der Waals surface area contributed by atoms with Crippen LogP contribution >= 0.6 is 11.6 Å². The molecule has 0 aromatic heterocycles. The van der Waals surface area contributed by atoms with Gasteiger partial charge in [-0.1, -0.05) is 41.9 Å². The fourth-order valence-corrected chi connectivity index (χ4v) is 8.84. The summed E-state index contributed by atoms with van der Waals surface area (Å²) >= 11 is 6.23. The molecule has 0 saturated carbocycles. The molecule has 0 aliphatic carbocycles. The van der Waals surface area contributed by atoms with Crippen molar-refractivity contribution in [3.8, 4) is 0 Å². The van der Waals surface area contributed by atoms with Gasteiger partial charge >= 0.3 is 15.9 Å². The second-order valence-corrected chi connectivity index (χ2v) is 12.5. The van der Waals surface area contributed by atoms with Crippen LogP contribution in [0.1, 0.15) is 48.2 Å². The number of benzene rings is 3. The molecule has 7 nitrogen and oxygen atoms in total. The number of nitrogens with zero attached hydrogens (tertiary/aromatic N) is 1. The van der Waals surface area contributed by atoms with Crippen molar-refractivity contribution < 1.29 is 22.4 Å². The van der Waals surface area contributed by atoms with Crippen LogP contribution in [0.15, 0.2) is 71.6 Å². The molecule has 1 spiro atoms. The molecular weight excluding hydrogens is 541 g/mol. The Balaban J connectivity index is 1.65. The van der Waals surface area contributed by atoms with Crippen LogP contribution in [0.4, 0.5) is 10.1 Å². The van der Waals surface area contributed by atoms with Crippen LogP contribution in [0.25, 0.3) is 0 Å². The Morgan fingerprint density at radius 2 is 1.74 bits per heavy atom. The zero-order chi connectivity index (χ0) is 28.0. The molecule has 2 heterocycles. The van der Waals surface area contributed by atoms with Crippen LogP contribution in [-0.2, 0) is 26.8 Å². The molecule has 3 aromatic carbocycles. The SMILES string of the molecule is CC(=O)[N+]1(S(=O)(=O)c2ccccc2F)c2ccc(C(=O)NCc3ccccc3Cl)cc2C2(CCNCC2)C1C. The first-order valence-electron chi connectivity index (χ1n) is 12.8. The Morgan fingerprint density at radius 1 is 1.08 bits per heavy atom. The number of halogens is 2. The van der Waals surface area contributed by atoms with E-state index in [-0.39, 0.29) is 18.1 Å². The van der Waals surface area contributed by atoms with E-state index in [9.17, 15) is 22.4 Å². The summed E-state index contributed by atoms with van der Waals surface area (Å²) in [6.07, 6.45) is 1.12. The molecule has 204 valence electrons. The minimum Gasteiger partial charge on any atom is -0.348 e. The van der Waals surface area contributed by atoms with Crippen molar-refractivity contribution in [3.05, 3.63) is 94.3 Å². The van der Waals surface area contributed by atoms with Crippen molar-refractivity contribution in [2.75, 3.05) is 13.1 Å². The van der Waals surface area contributed by atoms with Gasteiger partial charge in [-0.3, -0.25) is 4.79 Å². The lowest BCUT2D eigenvalue weighted by molar-refractivity contribution is -0.125. The Labute approximate surface area is 232 Å². The van der Waals surface area contributed by atoms with E-state index in [2.05, 4.69) is 10.6 Å². The van der Waals surface area contributed by atoms with Gasteiger partial charge < -0.3 is 10.6 Å². The van der Waals surface area contributed by atoms with Gasteiger partial charge in [0.2, 0.25) is 0 Å². The minimum absolute atomic E-state index is 0.218. The monoisotopic (exact) mass is 570 g/mol. The summed E-state index contributed by atoms with van der Waals surface area (Å²) in [6.45, 7) is 4.44. The van der Waals surface area contributed by atoms with Gasteiger partial charge in [0.05, 0.1) is 12.3 Å². The third kappa shape index (κ3) is 4.10. The zero-order valence-electron chi connectivity index (χ0n) is 21.7. The van der Waals surface area contributed by atoms with E-state index in [1.807, 2.05) is 18.2 Å². The molecule has 5 rings (SSSR count). The lowest BCUT2D eigenvalue weighted by Gasteiger charge is -2.41. The second-order valence-electron chi connectivity index (χ2n) is 10.2. The Hall–Kier alpha value is -3.11. The maximum atomic E-state index is 15.0. The summed E-state index contributed by atoms with van der Waals surface area (Å²) in [5.74, 6) is -1.88. The van der Waals surface area contributed by atoms with Gasteiger partial charge in [0.15, 0.2) is 10.6 Å². The number of quaternary nitrogens is 1. The number of hydrogen-bond donors (Lipinski definition) is 2. The average Bonchev–Trinajstić information content (AvgIpc) is 3.13. The minimum atomic E-state index is -4.57. The first-order valence-corrected chi connectivity index (χ1v) is 14.7. The van der Waals surface area contributed by atoms with Crippen molar-refractivity contribution in [3.63, 3.8) is 0 Å². The van der Waals surface area contributed by atoms with Gasteiger partial charge in [0, 0.05) is 28.8 Å². The molecule has 2 aliphatic heterocycles. The molecule has 1 fully saturated rings. The molecule has 0 radical (unpaired) electrons. The molecule has 39 heavy (non-hydrogen) atoms. The Kier molecular flexibility index (Phi) is 7.13. The quantitative estimate of drug-likeness (QED) is 0.435. The molecule has 1 saturated heterocycles. The number of carbonyl (C=O) groups is 2. The highest BCUT2D eigenvalue weighted by molar-refractivity contribution is 7.91. The summed E-state index contributed by atoms with van der Waals surface area (Å²) in [4.78, 5) is 26.3. The van der Waals surface area contributed by atoms with Crippen molar-refractivity contribution in [1.82, 2.24) is 14.5 Å². The fourth-order valence-electron chi connectivity index (χ4n) is 6.39. The summed E-state index contributed by atoms with van der Waals surface area (Å²) < 4.78 is 42.6. The number of rotatable bonds is 5. The van der Waals surface area contributed by atoms with E-state index < -0.39 is 42.0 Å². The van der Waals surface area contributed by atoms with Crippen molar-refractivity contribution in [2.24, 2.45) is 0 Å². The van der Waals surface area contributed by atoms with E-state index in [0.717, 1.165) is 11.6 Å².